The molecule has 30 heavy (non-hydrogen) atoms. The lowest BCUT2D eigenvalue weighted by Gasteiger charge is -2.17. The van der Waals surface area contributed by atoms with Crippen LogP contribution in [-0.4, -0.2) is 60.5 Å². The van der Waals surface area contributed by atoms with E-state index in [1.165, 1.54) is 0 Å². The fourth-order valence-corrected chi connectivity index (χ4v) is 3.55. The molecular formula is C19H24FN9O. The van der Waals surface area contributed by atoms with Crippen LogP contribution in [0.15, 0.2) is 25.2 Å². The third-order valence-electron chi connectivity index (χ3n) is 5.10. The summed E-state index contributed by atoms with van der Waals surface area (Å²) in [7, 11) is 1.84. The first kappa shape index (κ1) is 19.8. The molecule has 0 spiro atoms. The number of halogens is 1. The van der Waals surface area contributed by atoms with E-state index in [1.54, 1.807) is 15.9 Å². The van der Waals surface area contributed by atoms with E-state index in [0.29, 0.717) is 29.5 Å². The lowest BCUT2D eigenvalue weighted by Crippen LogP contribution is -2.40. The Morgan fingerprint density at radius 2 is 2.20 bits per heavy atom. The predicted octanol–water partition coefficient (Wildman–Crippen LogP) is 1.46. The number of nitrogens with one attached hydrogen (secondary N) is 2. The molecule has 2 atom stereocenters. The summed E-state index contributed by atoms with van der Waals surface area (Å²) in [4.78, 5) is 27.1. The van der Waals surface area contributed by atoms with Crippen molar-refractivity contribution < 1.29 is 9.18 Å². The van der Waals surface area contributed by atoms with E-state index in [4.69, 9.17) is 0 Å². The minimum absolute atomic E-state index is 0.0826. The molecule has 0 aliphatic carbocycles. The number of carbonyl (C=O) groups excluding carboxylic acids is 1. The van der Waals surface area contributed by atoms with Crippen LogP contribution in [0.1, 0.15) is 12.6 Å². The quantitative estimate of drug-likeness (QED) is 0.590. The van der Waals surface area contributed by atoms with Crippen molar-refractivity contribution in [2.45, 2.75) is 32.6 Å². The molecule has 0 bridgehead atoms. The van der Waals surface area contributed by atoms with Crippen molar-refractivity contribution in [3.05, 3.63) is 30.9 Å². The Morgan fingerprint density at radius 3 is 2.87 bits per heavy atom. The van der Waals surface area contributed by atoms with Crippen molar-refractivity contribution in [1.29, 1.82) is 0 Å². The predicted molar refractivity (Wildman–Crippen MR) is 111 cm³/mol. The van der Waals surface area contributed by atoms with Gasteiger partial charge in [-0.2, -0.15) is 15.1 Å². The van der Waals surface area contributed by atoms with Gasteiger partial charge in [-0.05, 0) is 19.9 Å². The summed E-state index contributed by atoms with van der Waals surface area (Å²) in [6.07, 6.45) is 3.46. The van der Waals surface area contributed by atoms with Crippen LogP contribution in [0.3, 0.4) is 0 Å². The molecule has 4 heterocycles. The molecule has 0 saturated carbocycles. The number of nitrogens with zero attached hydrogens (tertiary/aromatic N) is 7. The van der Waals surface area contributed by atoms with Gasteiger partial charge in [-0.1, -0.05) is 6.58 Å². The third-order valence-corrected chi connectivity index (χ3v) is 5.10. The smallest absolute Gasteiger partial charge is 0.243 e. The summed E-state index contributed by atoms with van der Waals surface area (Å²) >= 11 is 0. The lowest BCUT2D eigenvalue weighted by atomic mass is 10.2. The van der Waals surface area contributed by atoms with Crippen molar-refractivity contribution in [1.82, 2.24) is 34.6 Å². The van der Waals surface area contributed by atoms with Crippen molar-refractivity contribution >= 4 is 34.5 Å². The normalized spacial score (nSPS) is 18.7. The van der Waals surface area contributed by atoms with Crippen LogP contribution < -0.4 is 15.5 Å². The highest BCUT2D eigenvalue weighted by Gasteiger charge is 2.35. The fraction of sp³-hybridized carbons (Fsp3) is 0.421. The second-order valence-corrected chi connectivity index (χ2v) is 7.24. The van der Waals surface area contributed by atoms with E-state index in [2.05, 4.69) is 37.3 Å². The maximum atomic E-state index is 14.5. The number of aromatic nitrogens is 6. The number of hydrogen-bond acceptors (Lipinski definition) is 7. The van der Waals surface area contributed by atoms with Crippen molar-refractivity contribution in [2.75, 3.05) is 23.3 Å². The largest absolute Gasteiger partial charge is 0.345 e. The van der Waals surface area contributed by atoms with Gasteiger partial charge < -0.3 is 20.1 Å². The maximum Gasteiger partial charge on any atom is 0.243 e. The Labute approximate surface area is 172 Å². The van der Waals surface area contributed by atoms with Gasteiger partial charge in [0.1, 0.15) is 6.17 Å². The minimum Gasteiger partial charge on any atom is -0.345 e. The average molecular weight is 413 g/mol. The first-order chi connectivity index (χ1) is 14.4. The minimum atomic E-state index is -1.23. The molecule has 0 radical (unpaired) electrons. The van der Waals surface area contributed by atoms with Crippen molar-refractivity contribution in [3.63, 3.8) is 0 Å². The first-order valence-electron chi connectivity index (χ1n) is 9.71. The lowest BCUT2D eigenvalue weighted by molar-refractivity contribution is -0.117. The summed E-state index contributed by atoms with van der Waals surface area (Å²) in [6, 6.07) is -0.650. The number of rotatable bonds is 6. The Balaban J connectivity index is 1.71. The molecule has 11 heteroatoms. The Morgan fingerprint density at radius 1 is 1.40 bits per heavy atom. The molecule has 2 N–H and O–H groups in total. The zero-order valence-electron chi connectivity index (χ0n) is 17.1. The monoisotopic (exact) mass is 413 g/mol. The second kappa shape index (κ2) is 7.73. The van der Waals surface area contributed by atoms with Gasteiger partial charge in [-0.3, -0.25) is 9.48 Å². The molecular weight excluding hydrogens is 389 g/mol. The van der Waals surface area contributed by atoms with Gasteiger partial charge in [0.25, 0.3) is 0 Å². The molecule has 3 aromatic heterocycles. The topological polar surface area (TPSA) is 106 Å². The Bertz CT molecular complexity index is 1110. The van der Waals surface area contributed by atoms with Crippen LogP contribution in [-0.2, 0) is 18.4 Å². The third kappa shape index (κ3) is 3.58. The van der Waals surface area contributed by atoms with E-state index in [-0.39, 0.29) is 13.1 Å². The molecule has 0 aromatic carbocycles. The van der Waals surface area contributed by atoms with Crippen LogP contribution >= 0.6 is 0 Å². The summed E-state index contributed by atoms with van der Waals surface area (Å²) in [6.45, 7) is 8.33. The summed E-state index contributed by atoms with van der Waals surface area (Å²) in [5.74, 6) is 0.492. The molecule has 1 saturated heterocycles. The Kier molecular flexibility index (Phi) is 5.10. The van der Waals surface area contributed by atoms with E-state index in [1.807, 2.05) is 31.7 Å². The van der Waals surface area contributed by atoms with E-state index in [9.17, 15) is 9.18 Å². The SMILES string of the molecule is C=CC(=O)N[C@@H]1CN(c2nc(Nc3cn(C)nc3C)c3ncn(CC)c3n2)C[C@@H]1F. The molecule has 1 fully saturated rings. The van der Waals surface area contributed by atoms with Gasteiger partial charge >= 0.3 is 0 Å². The number of alkyl halides is 1. The molecule has 1 aliphatic rings. The number of carbonyl (C=O) groups is 1. The van der Waals surface area contributed by atoms with Gasteiger partial charge in [0, 0.05) is 26.3 Å². The molecule has 3 aromatic rings. The highest BCUT2D eigenvalue weighted by molar-refractivity contribution is 5.88. The van der Waals surface area contributed by atoms with Crippen molar-refractivity contribution in [2.24, 2.45) is 7.05 Å². The van der Waals surface area contributed by atoms with E-state index >= 15 is 0 Å². The summed E-state index contributed by atoms with van der Waals surface area (Å²) in [5, 5.41) is 10.3. The summed E-state index contributed by atoms with van der Waals surface area (Å²) in [5.41, 5.74) is 2.89. The Hall–Kier alpha value is -3.50. The zero-order chi connectivity index (χ0) is 21.4. The maximum absolute atomic E-state index is 14.5. The van der Waals surface area contributed by atoms with Gasteiger partial charge in [0.15, 0.2) is 17.0 Å². The van der Waals surface area contributed by atoms with Crippen molar-refractivity contribution in [3.8, 4) is 0 Å². The van der Waals surface area contributed by atoms with Crippen LogP contribution in [0.25, 0.3) is 11.2 Å². The van der Waals surface area contributed by atoms with Crippen LogP contribution in [0, 0.1) is 6.92 Å². The van der Waals surface area contributed by atoms with Gasteiger partial charge in [0.2, 0.25) is 11.9 Å². The first-order valence-corrected chi connectivity index (χ1v) is 9.71. The molecule has 10 nitrogen and oxygen atoms in total. The van der Waals surface area contributed by atoms with Crippen LogP contribution in [0.4, 0.5) is 21.8 Å². The number of anilines is 3. The number of aryl methyl sites for hydroxylation is 3. The molecule has 1 amide bonds. The van der Waals surface area contributed by atoms with Gasteiger partial charge in [-0.15, -0.1) is 0 Å². The van der Waals surface area contributed by atoms with Gasteiger partial charge in [-0.25, -0.2) is 9.37 Å². The zero-order valence-corrected chi connectivity index (χ0v) is 17.1. The number of amides is 1. The molecule has 158 valence electrons. The number of fused-ring (bicyclic) bond motifs is 1. The van der Waals surface area contributed by atoms with Gasteiger partial charge in [0.05, 0.1) is 30.3 Å². The standard InChI is InChI=1S/C19H24FN9O/c1-5-15(30)22-14-9-29(7-12(14)20)19-24-17(23-13-8-27(4)26-11(13)3)16-18(25-19)28(6-2)10-21-16/h5,8,10,12,14H,1,6-7,9H2,2-4H3,(H,22,30)(H,23,24,25)/t12-,14+/m0/s1. The molecule has 4 rings (SSSR count). The summed E-state index contributed by atoms with van der Waals surface area (Å²) < 4.78 is 18.1. The second-order valence-electron chi connectivity index (χ2n) is 7.24. The average Bonchev–Trinajstić information content (AvgIpc) is 3.39. The van der Waals surface area contributed by atoms with Crippen LogP contribution in [0.2, 0.25) is 0 Å². The number of hydrogen-bond donors (Lipinski definition) is 2. The molecule has 0 unspecified atom stereocenters. The van der Waals surface area contributed by atoms with Crippen LogP contribution in [0.5, 0.6) is 0 Å². The fourth-order valence-electron chi connectivity index (χ4n) is 3.55. The molecule has 1 aliphatic heterocycles. The van der Waals surface area contributed by atoms with E-state index in [0.717, 1.165) is 17.5 Å². The highest BCUT2D eigenvalue weighted by atomic mass is 19.1. The highest BCUT2D eigenvalue weighted by Crippen LogP contribution is 2.28. The van der Waals surface area contributed by atoms with E-state index < -0.39 is 18.1 Å². The number of imidazole rings is 1.